The third kappa shape index (κ3) is 3.70. The van der Waals surface area contributed by atoms with Crippen LogP contribution in [-0.4, -0.2) is 29.0 Å². The van der Waals surface area contributed by atoms with E-state index in [0.717, 1.165) is 22.8 Å². The van der Waals surface area contributed by atoms with Crippen molar-refractivity contribution in [1.29, 1.82) is 0 Å². The smallest absolute Gasteiger partial charge is 0.135 e. The minimum absolute atomic E-state index is 0.271. The van der Waals surface area contributed by atoms with Crippen molar-refractivity contribution in [3.05, 3.63) is 72.1 Å². The Morgan fingerprint density at radius 1 is 0.964 bits per heavy atom. The summed E-state index contributed by atoms with van der Waals surface area (Å²) >= 11 is 1.42. The van der Waals surface area contributed by atoms with Crippen LogP contribution in [0.4, 0.5) is 21.7 Å². The Bertz CT molecular complexity index is 1110. The highest BCUT2D eigenvalue weighted by Crippen LogP contribution is 2.34. The second kappa shape index (κ2) is 7.74. The number of nitrogens with one attached hydrogen (secondary N) is 1. The Balaban J connectivity index is 1.68. The lowest BCUT2D eigenvalue weighted by atomic mass is 10.1. The first-order chi connectivity index (χ1) is 13.6. The molecule has 0 spiro atoms. The third-order valence-electron chi connectivity index (χ3n) is 4.19. The molecule has 0 atom stereocenters. The van der Waals surface area contributed by atoms with Gasteiger partial charge in [0, 0.05) is 42.4 Å². The molecule has 0 bridgehead atoms. The monoisotopic (exact) mass is 391 g/mol. The van der Waals surface area contributed by atoms with Gasteiger partial charge >= 0.3 is 0 Å². The summed E-state index contributed by atoms with van der Waals surface area (Å²) in [6.45, 7) is 0. The predicted molar refractivity (Wildman–Crippen MR) is 113 cm³/mol. The number of benzene rings is 2. The van der Waals surface area contributed by atoms with Crippen LogP contribution in [0.1, 0.15) is 0 Å². The highest BCUT2D eigenvalue weighted by molar-refractivity contribution is 7.13. The van der Waals surface area contributed by atoms with Gasteiger partial charge in [-0.15, -0.1) is 11.3 Å². The van der Waals surface area contributed by atoms with Crippen LogP contribution in [0.15, 0.2) is 66.3 Å². The molecule has 140 valence electrons. The minimum Gasteiger partial charge on any atom is -0.363 e. The Labute approximate surface area is 166 Å². The topological polar surface area (TPSA) is 53.9 Å². The molecule has 0 saturated heterocycles. The fourth-order valence-electron chi connectivity index (χ4n) is 2.77. The van der Waals surface area contributed by atoms with Crippen LogP contribution >= 0.6 is 11.3 Å². The fourth-order valence-corrected chi connectivity index (χ4v) is 3.62. The van der Waals surface area contributed by atoms with E-state index in [0.29, 0.717) is 16.4 Å². The molecule has 0 fully saturated rings. The van der Waals surface area contributed by atoms with Gasteiger partial charge in [-0.25, -0.2) is 19.3 Å². The summed E-state index contributed by atoms with van der Waals surface area (Å²) in [6.07, 6.45) is 1.53. The maximum absolute atomic E-state index is 14.1. The van der Waals surface area contributed by atoms with E-state index < -0.39 is 0 Å². The van der Waals surface area contributed by atoms with Gasteiger partial charge in [0.1, 0.15) is 28.8 Å². The van der Waals surface area contributed by atoms with E-state index in [1.54, 1.807) is 12.1 Å². The zero-order chi connectivity index (χ0) is 19.5. The maximum Gasteiger partial charge on any atom is 0.135 e. The summed E-state index contributed by atoms with van der Waals surface area (Å²) in [5.74, 6) is 1.23. The van der Waals surface area contributed by atoms with E-state index in [1.807, 2.05) is 60.8 Å². The summed E-state index contributed by atoms with van der Waals surface area (Å²) in [4.78, 5) is 15.1. The zero-order valence-corrected chi connectivity index (χ0v) is 16.2. The Morgan fingerprint density at radius 3 is 2.50 bits per heavy atom. The Morgan fingerprint density at radius 2 is 1.71 bits per heavy atom. The van der Waals surface area contributed by atoms with E-state index in [1.165, 1.54) is 23.7 Å². The van der Waals surface area contributed by atoms with Crippen molar-refractivity contribution in [3.8, 4) is 21.8 Å². The van der Waals surface area contributed by atoms with Crippen LogP contribution in [-0.2, 0) is 0 Å². The van der Waals surface area contributed by atoms with Crippen molar-refractivity contribution < 1.29 is 4.39 Å². The van der Waals surface area contributed by atoms with E-state index >= 15 is 0 Å². The van der Waals surface area contributed by atoms with Gasteiger partial charge < -0.3 is 10.2 Å². The number of anilines is 3. The average Bonchev–Trinajstić information content (AvgIpc) is 3.19. The van der Waals surface area contributed by atoms with Crippen LogP contribution in [0, 0.1) is 5.82 Å². The molecule has 5 nitrogen and oxygen atoms in total. The standard InChI is InChI=1S/C21H18FN5S/c1-27(2)20-11-19(23-13-24-20)25-17-10-6-4-8-15(17)18-12-28-21(26-18)14-7-3-5-9-16(14)22/h3-13H,1-2H3,(H,23,24,25). The number of rotatable bonds is 5. The number of nitrogens with zero attached hydrogens (tertiary/aromatic N) is 4. The SMILES string of the molecule is CN(C)c1cc(Nc2ccccc2-c2csc(-c3ccccc3F)n2)ncn1. The van der Waals surface area contributed by atoms with Gasteiger partial charge in [-0.05, 0) is 18.2 Å². The second-order valence-electron chi connectivity index (χ2n) is 6.34. The van der Waals surface area contributed by atoms with Gasteiger partial charge in [0.05, 0.1) is 5.69 Å². The van der Waals surface area contributed by atoms with Gasteiger partial charge in [0.15, 0.2) is 0 Å². The highest BCUT2D eigenvalue weighted by Gasteiger charge is 2.13. The molecular weight excluding hydrogens is 373 g/mol. The van der Waals surface area contributed by atoms with Gasteiger partial charge in [0.2, 0.25) is 0 Å². The summed E-state index contributed by atoms with van der Waals surface area (Å²) in [5.41, 5.74) is 3.09. The third-order valence-corrected chi connectivity index (χ3v) is 5.06. The molecule has 0 radical (unpaired) electrons. The highest BCUT2D eigenvalue weighted by atomic mass is 32.1. The van der Waals surface area contributed by atoms with E-state index in [4.69, 9.17) is 0 Å². The van der Waals surface area contributed by atoms with Crippen molar-refractivity contribution >= 4 is 28.7 Å². The number of thiazole rings is 1. The molecule has 28 heavy (non-hydrogen) atoms. The first kappa shape index (κ1) is 18.1. The van der Waals surface area contributed by atoms with Crippen molar-refractivity contribution in [3.63, 3.8) is 0 Å². The van der Waals surface area contributed by atoms with Crippen LogP contribution in [0.2, 0.25) is 0 Å². The first-order valence-electron chi connectivity index (χ1n) is 8.68. The lowest BCUT2D eigenvalue weighted by molar-refractivity contribution is 0.631. The molecule has 1 N–H and O–H groups in total. The predicted octanol–water partition coefficient (Wildman–Crippen LogP) is 5.22. The Kier molecular flexibility index (Phi) is 4.99. The van der Waals surface area contributed by atoms with Crippen LogP contribution < -0.4 is 10.2 Å². The number of aromatic nitrogens is 3. The number of hydrogen-bond donors (Lipinski definition) is 1. The second-order valence-corrected chi connectivity index (χ2v) is 7.20. The number of para-hydroxylation sites is 1. The summed E-state index contributed by atoms with van der Waals surface area (Å²) in [6, 6.07) is 16.4. The lowest BCUT2D eigenvalue weighted by Gasteiger charge is -2.13. The van der Waals surface area contributed by atoms with Gasteiger partial charge in [-0.3, -0.25) is 0 Å². The van der Waals surface area contributed by atoms with Crippen molar-refractivity contribution in [2.24, 2.45) is 0 Å². The van der Waals surface area contributed by atoms with Crippen LogP contribution in [0.25, 0.3) is 21.8 Å². The van der Waals surface area contributed by atoms with Crippen molar-refractivity contribution in [1.82, 2.24) is 15.0 Å². The normalized spacial score (nSPS) is 10.7. The molecular formula is C21H18FN5S. The molecule has 0 unspecified atom stereocenters. The summed E-state index contributed by atoms with van der Waals surface area (Å²) < 4.78 is 14.1. The molecule has 4 rings (SSSR count). The molecule has 4 aromatic rings. The molecule has 0 aliphatic carbocycles. The van der Waals surface area contributed by atoms with E-state index in [9.17, 15) is 4.39 Å². The fraction of sp³-hybridized carbons (Fsp3) is 0.0952. The molecule has 0 saturated carbocycles. The van der Waals surface area contributed by atoms with Crippen LogP contribution in [0.5, 0.6) is 0 Å². The minimum atomic E-state index is -0.271. The molecule has 0 aliphatic rings. The maximum atomic E-state index is 14.1. The molecule has 2 aromatic heterocycles. The summed E-state index contributed by atoms with van der Waals surface area (Å²) in [7, 11) is 3.86. The molecule has 2 aromatic carbocycles. The first-order valence-corrected chi connectivity index (χ1v) is 9.56. The van der Waals surface area contributed by atoms with Crippen molar-refractivity contribution in [2.45, 2.75) is 0 Å². The van der Waals surface area contributed by atoms with E-state index in [2.05, 4.69) is 20.3 Å². The number of halogens is 1. The molecule has 7 heteroatoms. The largest absolute Gasteiger partial charge is 0.363 e. The lowest BCUT2D eigenvalue weighted by Crippen LogP contribution is -2.11. The van der Waals surface area contributed by atoms with Gasteiger partial charge in [0.25, 0.3) is 0 Å². The van der Waals surface area contributed by atoms with Gasteiger partial charge in [-0.2, -0.15) is 0 Å². The molecule has 0 aliphatic heterocycles. The van der Waals surface area contributed by atoms with Crippen LogP contribution in [0.3, 0.4) is 0 Å². The molecule has 0 amide bonds. The zero-order valence-electron chi connectivity index (χ0n) is 15.4. The van der Waals surface area contributed by atoms with E-state index in [-0.39, 0.29) is 5.82 Å². The number of hydrogen-bond acceptors (Lipinski definition) is 6. The van der Waals surface area contributed by atoms with Gasteiger partial charge in [-0.1, -0.05) is 30.3 Å². The summed E-state index contributed by atoms with van der Waals surface area (Å²) in [5, 5.41) is 5.93. The average molecular weight is 391 g/mol. The quantitative estimate of drug-likeness (QED) is 0.506. The Hall–Kier alpha value is -3.32. The van der Waals surface area contributed by atoms with Crippen molar-refractivity contribution in [2.75, 3.05) is 24.3 Å². The molecule has 2 heterocycles.